The molecule has 11 heavy (non-hydrogen) atoms. The van der Waals surface area contributed by atoms with Gasteiger partial charge in [0, 0.05) is 19.5 Å². The highest BCUT2D eigenvalue weighted by Gasteiger charge is 1.98. The van der Waals surface area contributed by atoms with E-state index in [-0.39, 0.29) is 19.6 Å². The number of methoxy groups -OCH3 is 1. The van der Waals surface area contributed by atoms with Crippen molar-refractivity contribution in [2.45, 2.75) is 19.6 Å². The van der Waals surface area contributed by atoms with Gasteiger partial charge in [0.2, 0.25) is 0 Å². The molecule has 0 saturated heterocycles. The molecule has 1 rings (SSSR count). The average molecular weight is 174 g/mol. The first-order valence-corrected chi connectivity index (χ1v) is 3.33. The molecule has 3 nitrogen and oxygen atoms in total. The van der Waals surface area contributed by atoms with Gasteiger partial charge in [-0.2, -0.15) is 18.6 Å². The number of nitrogens with zero attached hydrogens (tertiary/aromatic N) is 2. The molecule has 0 fully saturated rings. The summed E-state index contributed by atoms with van der Waals surface area (Å²) < 4.78 is 6.92. The molecule has 1 heterocycles. The summed E-state index contributed by atoms with van der Waals surface area (Å²) in [5.74, 6) is 0. The molecular weight excluding hydrogens is 160 g/mol. The van der Waals surface area contributed by atoms with Crippen molar-refractivity contribution in [1.29, 1.82) is 0 Å². The van der Waals surface area contributed by atoms with Gasteiger partial charge in [0.15, 0.2) is 0 Å². The molecule has 0 spiro atoms. The largest absolute Gasteiger partial charge is 0.380 e. The molecular formula is C7H14N2OS. The van der Waals surface area contributed by atoms with Crippen LogP contribution in [0.2, 0.25) is 0 Å². The third-order valence-corrected chi connectivity index (χ3v) is 1.41. The van der Waals surface area contributed by atoms with E-state index in [1.54, 1.807) is 13.3 Å². The van der Waals surface area contributed by atoms with E-state index in [1.165, 1.54) is 0 Å². The van der Waals surface area contributed by atoms with Gasteiger partial charge < -0.3 is 4.74 Å². The van der Waals surface area contributed by atoms with Crippen molar-refractivity contribution < 1.29 is 4.74 Å². The minimum absolute atomic E-state index is 0. The lowest BCUT2D eigenvalue weighted by atomic mass is 10.4. The van der Waals surface area contributed by atoms with E-state index < -0.39 is 0 Å². The molecule has 0 amide bonds. The topological polar surface area (TPSA) is 27.1 Å². The monoisotopic (exact) mass is 174 g/mol. The van der Waals surface area contributed by atoms with Gasteiger partial charge in [-0.15, -0.1) is 0 Å². The summed E-state index contributed by atoms with van der Waals surface area (Å²) in [6, 6.07) is 1.91. The molecule has 0 radical (unpaired) electrons. The first kappa shape index (κ1) is 10.5. The molecule has 1 atom stereocenters. The molecule has 0 aliphatic rings. The number of ether oxygens (including phenoxy) is 1. The van der Waals surface area contributed by atoms with Crippen LogP contribution in [0.3, 0.4) is 0 Å². The van der Waals surface area contributed by atoms with Gasteiger partial charge in [0.25, 0.3) is 0 Å². The zero-order valence-corrected chi connectivity index (χ0v) is 7.82. The maximum atomic E-state index is 5.06. The summed E-state index contributed by atoms with van der Waals surface area (Å²) in [4.78, 5) is 0. The fourth-order valence-electron chi connectivity index (χ4n) is 0.746. The van der Waals surface area contributed by atoms with E-state index in [4.69, 9.17) is 4.74 Å². The Morgan fingerprint density at radius 3 is 2.82 bits per heavy atom. The average Bonchev–Trinajstić information content (AvgIpc) is 2.40. The molecule has 4 heteroatoms. The van der Waals surface area contributed by atoms with Gasteiger partial charge in [-0.25, -0.2) is 0 Å². The molecule has 1 aromatic rings. The molecule has 0 bridgehead atoms. The molecule has 0 aliphatic carbocycles. The lowest BCUT2D eigenvalue weighted by Crippen LogP contribution is -2.14. The van der Waals surface area contributed by atoms with Crippen molar-refractivity contribution in [2.24, 2.45) is 0 Å². The molecule has 0 aliphatic heterocycles. The van der Waals surface area contributed by atoms with Crippen molar-refractivity contribution in [1.82, 2.24) is 9.78 Å². The van der Waals surface area contributed by atoms with Gasteiger partial charge >= 0.3 is 0 Å². The van der Waals surface area contributed by atoms with Crippen LogP contribution in [0.1, 0.15) is 6.92 Å². The summed E-state index contributed by atoms with van der Waals surface area (Å²) in [5, 5.41) is 4.04. The lowest BCUT2D eigenvalue weighted by Gasteiger charge is -2.07. The Kier molecular flexibility index (Phi) is 4.98. The molecule has 1 aromatic heterocycles. The first-order chi connectivity index (χ1) is 4.83. The SMILES string of the molecule is CO[C@@H](C)Cn1cccn1.S. The number of aromatic nitrogens is 2. The maximum Gasteiger partial charge on any atom is 0.0739 e. The minimum Gasteiger partial charge on any atom is -0.380 e. The van der Waals surface area contributed by atoms with Gasteiger partial charge in [-0.05, 0) is 13.0 Å². The smallest absolute Gasteiger partial charge is 0.0739 e. The second-order valence-electron chi connectivity index (χ2n) is 2.27. The van der Waals surface area contributed by atoms with Crippen molar-refractivity contribution in [3.63, 3.8) is 0 Å². The number of hydrogen-bond donors (Lipinski definition) is 0. The highest BCUT2D eigenvalue weighted by Crippen LogP contribution is 1.92. The lowest BCUT2D eigenvalue weighted by molar-refractivity contribution is 0.0998. The number of rotatable bonds is 3. The van der Waals surface area contributed by atoms with Gasteiger partial charge in [-0.3, -0.25) is 4.68 Å². The van der Waals surface area contributed by atoms with Crippen LogP contribution in [0.25, 0.3) is 0 Å². The zero-order valence-electron chi connectivity index (χ0n) is 6.82. The van der Waals surface area contributed by atoms with Crippen LogP contribution in [-0.4, -0.2) is 23.0 Å². The third-order valence-electron chi connectivity index (χ3n) is 1.41. The van der Waals surface area contributed by atoms with Crippen molar-refractivity contribution >= 4 is 13.5 Å². The highest BCUT2D eigenvalue weighted by atomic mass is 32.1. The van der Waals surface area contributed by atoms with Crippen LogP contribution in [0.4, 0.5) is 0 Å². The van der Waals surface area contributed by atoms with Gasteiger partial charge in [0.1, 0.15) is 0 Å². The van der Waals surface area contributed by atoms with Crippen LogP contribution < -0.4 is 0 Å². The first-order valence-electron chi connectivity index (χ1n) is 3.33. The normalized spacial score (nSPS) is 12.2. The van der Waals surface area contributed by atoms with Crippen LogP contribution in [-0.2, 0) is 11.3 Å². The Balaban J connectivity index is 0.000001000. The Morgan fingerprint density at radius 2 is 2.36 bits per heavy atom. The van der Waals surface area contributed by atoms with Crippen LogP contribution >= 0.6 is 13.5 Å². The summed E-state index contributed by atoms with van der Waals surface area (Å²) in [5.41, 5.74) is 0. The Bertz CT molecular complexity index is 177. The standard InChI is InChI=1S/C7H12N2O.H2S/c1-7(10-2)6-9-5-3-4-8-9;/h3-5,7H,6H2,1-2H3;1H2/t7-;/m0./s1. The summed E-state index contributed by atoms with van der Waals surface area (Å²) in [7, 11) is 1.70. The van der Waals surface area contributed by atoms with Crippen LogP contribution in [0.15, 0.2) is 18.5 Å². The fraction of sp³-hybridized carbons (Fsp3) is 0.571. The van der Waals surface area contributed by atoms with Gasteiger partial charge in [0.05, 0.1) is 12.6 Å². The summed E-state index contributed by atoms with van der Waals surface area (Å²) >= 11 is 0. The van der Waals surface area contributed by atoms with Crippen LogP contribution in [0, 0.1) is 0 Å². The molecule has 64 valence electrons. The van der Waals surface area contributed by atoms with E-state index in [0.717, 1.165) is 6.54 Å². The fourth-order valence-corrected chi connectivity index (χ4v) is 0.746. The van der Waals surface area contributed by atoms with Crippen molar-refractivity contribution in [3.05, 3.63) is 18.5 Å². The highest BCUT2D eigenvalue weighted by molar-refractivity contribution is 7.59. The zero-order chi connectivity index (χ0) is 7.40. The molecule has 0 unspecified atom stereocenters. The van der Waals surface area contributed by atoms with Gasteiger partial charge in [-0.1, -0.05) is 0 Å². The second kappa shape index (κ2) is 5.21. The maximum absolute atomic E-state index is 5.06. The number of hydrogen-bond acceptors (Lipinski definition) is 2. The second-order valence-corrected chi connectivity index (χ2v) is 2.27. The molecule has 0 N–H and O–H groups in total. The van der Waals surface area contributed by atoms with Crippen LogP contribution in [0.5, 0.6) is 0 Å². The molecule has 0 aromatic carbocycles. The predicted octanol–water partition coefficient (Wildman–Crippen LogP) is 1.03. The molecule has 0 saturated carbocycles. The summed E-state index contributed by atoms with van der Waals surface area (Å²) in [6.45, 7) is 2.84. The van der Waals surface area contributed by atoms with Crippen molar-refractivity contribution in [2.75, 3.05) is 7.11 Å². The third kappa shape index (κ3) is 3.43. The Morgan fingerprint density at radius 1 is 1.64 bits per heavy atom. The summed E-state index contributed by atoms with van der Waals surface area (Å²) in [6.07, 6.45) is 3.93. The van der Waals surface area contributed by atoms with Crippen molar-refractivity contribution in [3.8, 4) is 0 Å². The van der Waals surface area contributed by atoms with E-state index >= 15 is 0 Å². The van der Waals surface area contributed by atoms with E-state index in [0.29, 0.717) is 0 Å². The Labute approximate surface area is 73.8 Å². The van der Waals surface area contributed by atoms with E-state index in [1.807, 2.05) is 23.9 Å². The predicted molar refractivity (Wildman–Crippen MR) is 49.1 cm³/mol. The minimum atomic E-state index is 0. The van der Waals surface area contributed by atoms with E-state index in [9.17, 15) is 0 Å². The van der Waals surface area contributed by atoms with E-state index in [2.05, 4.69) is 5.10 Å². The quantitative estimate of drug-likeness (QED) is 0.684. The Hall–Kier alpha value is -0.480.